The topological polar surface area (TPSA) is 153 Å². The molecule has 15 heteroatoms. The Labute approximate surface area is 200 Å². The van der Waals surface area contributed by atoms with E-state index >= 15 is 0 Å². The zero-order valence-corrected chi connectivity index (χ0v) is 20.4. The first kappa shape index (κ1) is 25.2. The molecule has 0 saturated heterocycles. The van der Waals surface area contributed by atoms with Gasteiger partial charge in [-0.15, -0.1) is 10.2 Å². The normalized spacial score (nSPS) is 12.8. The highest BCUT2D eigenvalue weighted by molar-refractivity contribution is 7.97. The van der Waals surface area contributed by atoms with Crippen LogP contribution < -0.4 is 4.72 Å². The Morgan fingerprint density at radius 3 is 1.85 bits per heavy atom. The number of nitrogens with zero attached hydrogens (tertiary/aromatic N) is 2. The van der Waals surface area contributed by atoms with E-state index in [0.717, 1.165) is 0 Å². The van der Waals surface area contributed by atoms with Gasteiger partial charge in [-0.2, -0.15) is 0 Å². The van der Waals surface area contributed by atoms with Crippen molar-refractivity contribution in [2.45, 2.75) is 16.4 Å². The largest absolute Gasteiger partial charge is 0.423 e. The predicted octanol–water partition coefficient (Wildman–Crippen LogP) is 3.18. The molecule has 0 spiro atoms. The summed E-state index contributed by atoms with van der Waals surface area (Å²) in [6, 6.07) is 11.1. The molecule has 1 aromatic heterocycles. The molecule has 0 amide bonds. The number of sulfone groups is 2. The molecule has 0 atom stereocenters. The van der Waals surface area contributed by atoms with Crippen LogP contribution in [0.15, 0.2) is 68.7 Å². The monoisotopic (exact) mass is 551 g/mol. The molecule has 3 rings (SSSR count). The van der Waals surface area contributed by atoms with Crippen LogP contribution in [0.4, 0.5) is 5.69 Å². The Morgan fingerprint density at radius 1 is 0.758 bits per heavy atom. The number of hydrogen-bond donors (Lipinski definition) is 1. The van der Waals surface area contributed by atoms with Gasteiger partial charge in [0.05, 0.1) is 4.90 Å². The second kappa shape index (κ2) is 9.81. The lowest BCUT2D eigenvalue weighted by molar-refractivity contribution is 0.473. The van der Waals surface area contributed by atoms with Gasteiger partial charge in [-0.25, -0.2) is 25.3 Å². The van der Waals surface area contributed by atoms with Gasteiger partial charge < -0.3 is 4.42 Å². The minimum absolute atomic E-state index is 0.142. The number of sulfonamides is 1. The van der Waals surface area contributed by atoms with Crippen molar-refractivity contribution >= 4 is 58.6 Å². The third-order valence-corrected chi connectivity index (χ3v) is 8.32. The van der Waals surface area contributed by atoms with Crippen LogP contribution in [-0.4, -0.2) is 35.5 Å². The Bertz CT molecular complexity index is 1480. The summed E-state index contributed by atoms with van der Waals surface area (Å²) in [6.07, 6.45) is 0. The first-order valence-corrected chi connectivity index (χ1v) is 14.5. The second-order valence-electron chi connectivity index (χ2n) is 6.54. The van der Waals surface area contributed by atoms with Gasteiger partial charge in [0, 0.05) is 26.5 Å². The zero-order valence-electron chi connectivity index (χ0n) is 16.4. The van der Waals surface area contributed by atoms with E-state index in [1.165, 1.54) is 48.5 Å². The molecule has 33 heavy (non-hydrogen) atoms. The molecule has 10 nitrogen and oxygen atoms in total. The Kier molecular flexibility index (Phi) is 7.49. The molecule has 0 aliphatic carbocycles. The van der Waals surface area contributed by atoms with Crippen molar-refractivity contribution in [2.75, 3.05) is 4.72 Å². The fraction of sp³-hybridized carbons (Fsp3) is 0.111. The fourth-order valence-corrected chi connectivity index (χ4v) is 6.14. The van der Waals surface area contributed by atoms with Crippen molar-refractivity contribution < 1.29 is 29.7 Å². The van der Waals surface area contributed by atoms with E-state index in [1.807, 2.05) is 0 Å². The van der Waals surface area contributed by atoms with Gasteiger partial charge in [-0.1, -0.05) is 23.2 Å². The summed E-state index contributed by atoms with van der Waals surface area (Å²) in [5.74, 6) is -2.28. The van der Waals surface area contributed by atoms with Crippen molar-refractivity contribution in [1.82, 2.24) is 10.2 Å². The van der Waals surface area contributed by atoms with Crippen LogP contribution in [0.2, 0.25) is 10.0 Å². The maximum Gasteiger partial charge on any atom is 0.241 e. The predicted molar refractivity (Wildman–Crippen MR) is 122 cm³/mol. The SMILES string of the molecule is O=S(=O)(/C=C/S(=O)(=O)c1ccc(Cl)cc1)Cc1nnc(CS(=O)(=O)Nc2ccc(Cl)cc2)o1. The maximum absolute atomic E-state index is 12.3. The van der Waals surface area contributed by atoms with E-state index in [2.05, 4.69) is 14.9 Å². The Balaban J connectivity index is 1.66. The van der Waals surface area contributed by atoms with Gasteiger partial charge in [0.2, 0.25) is 31.6 Å². The summed E-state index contributed by atoms with van der Waals surface area (Å²) in [4.78, 5) is -0.142. The molecule has 0 saturated carbocycles. The molecule has 176 valence electrons. The number of benzene rings is 2. The van der Waals surface area contributed by atoms with Crippen molar-refractivity contribution in [3.8, 4) is 0 Å². The van der Waals surface area contributed by atoms with Crippen LogP contribution in [0, 0.1) is 0 Å². The lowest BCUT2D eigenvalue weighted by Gasteiger charge is -2.05. The van der Waals surface area contributed by atoms with Gasteiger partial charge in [0.1, 0.15) is 11.5 Å². The van der Waals surface area contributed by atoms with E-state index in [1.54, 1.807) is 0 Å². The third-order valence-electron chi connectivity index (χ3n) is 3.85. The lowest BCUT2D eigenvalue weighted by Crippen LogP contribution is -2.15. The Morgan fingerprint density at radius 2 is 1.27 bits per heavy atom. The lowest BCUT2D eigenvalue weighted by atomic mass is 10.3. The third kappa shape index (κ3) is 7.54. The van der Waals surface area contributed by atoms with Gasteiger partial charge in [-0.3, -0.25) is 4.72 Å². The average molecular weight is 552 g/mol. The van der Waals surface area contributed by atoms with Crippen LogP contribution in [0.5, 0.6) is 0 Å². The van der Waals surface area contributed by atoms with Crippen LogP contribution in [-0.2, 0) is 41.2 Å². The maximum atomic E-state index is 12.3. The van der Waals surface area contributed by atoms with Gasteiger partial charge in [0.15, 0.2) is 9.84 Å². The number of halogens is 2. The second-order valence-corrected chi connectivity index (χ2v) is 12.9. The summed E-state index contributed by atoms with van der Waals surface area (Å²) < 4.78 is 80.9. The van der Waals surface area contributed by atoms with Crippen LogP contribution in [0.25, 0.3) is 0 Å². The minimum atomic E-state index is -4.13. The molecule has 3 aromatic rings. The fourth-order valence-electron chi connectivity index (χ4n) is 2.38. The summed E-state index contributed by atoms with van der Waals surface area (Å²) in [6.45, 7) is 0. The Hall–Kier alpha value is -2.45. The van der Waals surface area contributed by atoms with E-state index in [9.17, 15) is 25.3 Å². The number of hydrogen-bond acceptors (Lipinski definition) is 9. The van der Waals surface area contributed by atoms with Gasteiger partial charge in [-0.05, 0) is 48.5 Å². The zero-order chi connectivity index (χ0) is 24.3. The molecule has 1 heterocycles. The molecule has 0 unspecified atom stereocenters. The van der Waals surface area contributed by atoms with Crippen molar-refractivity contribution in [3.63, 3.8) is 0 Å². The van der Waals surface area contributed by atoms with Crippen molar-refractivity contribution in [1.29, 1.82) is 0 Å². The van der Waals surface area contributed by atoms with E-state index in [-0.39, 0.29) is 16.5 Å². The molecule has 1 N–H and O–H groups in total. The van der Waals surface area contributed by atoms with E-state index < -0.39 is 47.1 Å². The summed E-state index contributed by atoms with van der Waals surface area (Å²) in [7, 11) is -12.1. The highest BCUT2D eigenvalue weighted by Crippen LogP contribution is 2.18. The minimum Gasteiger partial charge on any atom is -0.423 e. The quantitative estimate of drug-likeness (QED) is 0.422. The van der Waals surface area contributed by atoms with Crippen LogP contribution in [0.3, 0.4) is 0 Å². The van der Waals surface area contributed by atoms with Gasteiger partial charge >= 0.3 is 0 Å². The van der Waals surface area contributed by atoms with Crippen molar-refractivity contribution in [2.24, 2.45) is 0 Å². The molecular formula is C18H15Cl2N3O7S3. The molecule has 0 bridgehead atoms. The molecule has 0 aliphatic rings. The van der Waals surface area contributed by atoms with E-state index in [4.69, 9.17) is 27.6 Å². The number of rotatable bonds is 9. The number of aromatic nitrogens is 2. The first-order chi connectivity index (χ1) is 15.3. The summed E-state index contributed by atoms with van der Waals surface area (Å²) in [5, 5.41) is 8.82. The number of nitrogens with one attached hydrogen (secondary N) is 1. The highest BCUT2D eigenvalue weighted by atomic mass is 35.5. The van der Waals surface area contributed by atoms with Crippen LogP contribution >= 0.6 is 23.2 Å². The standard InChI is InChI=1S/C18H15Cl2N3O7S3/c19-13-1-5-15(6-2-13)23-33(28,29)12-18-22-21-17(30-18)11-31(24,25)9-10-32(26,27)16-7-3-14(20)4-8-16/h1-10,23H,11-12H2/b10-9+. The van der Waals surface area contributed by atoms with Crippen molar-refractivity contribution in [3.05, 3.63) is 81.2 Å². The summed E-state index contributed by atoms with van der Waals surface area (Å²) >= 11 is 11.5. The smallest absolute Gasteiger partial charge is 0.241 e. The van der Waals surface area contributed by atoms with E-state index in [0.29, 0.717) is 20.9 Å². The molecule has 0 aliphatic heterocycles. The highest BCUT2D eigenvalue weighted by Gasteiger charge is 2.20. The van der Waals surface area contributed by atoms with Gasteiger partial charge in [0.25, 0.3) is 0 Å². The molecular weight excluding hydrogens is 537 g/mol. The molecule has 0 radical (unpaired) electrons. The van der Waals surface area contributed by atoms with Crippen LogP contribution in [0.1, 0.15) is 11.8 Å². The first-order valence-electron chi connectivity index (χ1n) is 8.82. The number of anilines is 1. The average Bonchev–Trinajstić information content (AvgIpc) is 3.13. The summed E-state index contributed by atoms with van der Waals surface area (Å²) in [5.41, 5.74) is 0.258. The molecule has 2 aromatic carbocycles. The molecule has 0 fully saturated rings.